The van der Waals surface area contributed by atoms with Crippen LogP contribution in [-0.4, -0.2) is 37.3 Å². The highest BCUT2D eigenvalue weighted by Crippen LogP contribution is 2.25. The number of morpholine rings is 1. The molecule has 0 aromatic carbocycles. The van der Waals surface area contributed by atoms with Crippen LogP contribution in [0, 0.1) is 0 Å². The molecule has 0 radical (unpaired) electrons. The minimum atomic E-state index is 0.234. The van der Waals surface area contributed by atoms with Gasteiger partial charge < -0.3 is 15.0 Å². The molecule has 1 fully saturated rings. The molecular weight excluding hydrogens is 262 g/mol. The monoisotopic (exact) mass is 283 g/mol. The Bertz CT molecular complexity index is 414. The largest absolute Gasteiger partial charge is 0.375 e. The summed E-state index contributed by atoms with van der Waals surface area (Å²) >= 11 is 6.35. The average molecular weight is 284 g/mol. The van der Waals surface area contributed by atoms with Crippen molar-refractivity contribution < 1.29 is 4.74 Å². The van der Waals surface area contributed by atoms with Gasteiger partial charge in [0.1, 0.15) is 5.82 Å². The van der Waals surface area contributed by atoms with E-state index in [4.69, 9.17) is 16.3 Å². The van der Waals surface area contributed by atoms with Crippen LogP contribution in [-0.2, 0) is 11.3 Å². The van der Waals surface area contributed by atoms with Crippen molar-refractivity contribution in [3.63, 3.8) is 0 Å². The number of rotatable bonds is 5. The molecule has 19 heavy (non-hydrogen) atoms. The van der Waals surface area contributed by atoms with E-state index in [1.54, 1.807) is 0 Å². The Hall–Kier alpha value is -0.840. The van der Waals surface area contributed by atoms with Crippen molar-refractivity contribution in [2.75, 3.05) is 31.1 Å². The third-order valence-electron chi connectivity index (χ3n) is 3.17. The lowest BCUT2D eigenvalue weighted by Gasteiger charge is -2.32. The van der Waals surface area contributed by atoms with Gasteiger partial charge in [0.2, 0.25) is 0 Å². The molecule has 1 unspecified atom stereocenters. The van der Waals surface area contributed by atoms with Crippen molar-refractivity contribution in [1.29, 1.82) is 0 Å². The summed E-state index contributed by atoms with van der Waals surface area (Å²) in [6.07, 6.45) is 3.27. The van der Waals surface area contributed by atoms with Gasteiger partial charge in [0, 0.05) is 25.8 Å². The van der Waals surface area contributed by atoms with E-state index in [1.165, 1.54) is 0 Å². The van der Waals surface area contributed by atoms with E-state index in [0.29, 0.717) is 0 Å². The summed E-state index contributed by atoms with van der Waals surface area (Å²) in [6, 6.07) is 2.01. The second-order valence-electron chi connectivity index (χ2n) is 4.95. The fourth-order valence-corrected chi connectivity index (χ4v) is 2.53. The highest BCUT2D eigenvalue weighted by Gasteiger charge is 2.20. The van der Waals surface area contributed by atoms with Crippen LogP contribution in [0.25, 0.3) is 0 Å². The average Bonchev–Trinajstić information content (AvgIpc) is 2.39. The number of hydrogen-bond acceptors (Lipinski definition) is 4. The Morgan fingerprint density at radius 3 is 3.11 bits per heavy atom. The van der Waals surface area contributed by atoms with Crippen molar-refractivity contribution in [2.24, 2.45) is 0 Å². The normalized spacial score (nSPS) is 19.7. The van der Waals surface area contributed by atoms with Crippen molar-refractivity contribution in [3.8, 4) is 0 Å². The maximum absolute atomic E-state index is 6.35. The molecule has 1 aromatic rings. The molecule has 1 aromatic heterocycles. The summed E-state index contributed by atoms with van der Waals surface area (Å²) in [6.45, 7) is 8.49. The van der Waals surface area contributed by atoms with E-state index in [0.717, 1.165) is 55.6 Å². The number of pyridine rings is 1. The SMILES string of the molecule is CCCNCc1cnc(N2CCOC(C)C2)c(Cl)c1. The van der Waals surface area contributed by atoms with Crippen LogP contribution >= 0.6 is 11.6 Å². The van der Waals surface area contributed by atoms with Crippen molar-refractivity contribution >= 4 is 17.4 Å². The maximum Gasteiger partial charge on any atom is 0.147 e. The number of anilines is 1. The van der Waals surface area contributed by atoms with Crippen LogP contribution in [0.3, 0.4) is 0 Å². The molecular formula is C14H22ClN3O. The van der Waals surface area contributed by atoms with Gasteiger partial charge in [-0.2, -0.15) is 0 Å². The van der Waals surface area contributed by atoms with Gasteiger partial charge >= 0.3 is 0 Å². The summed E-state index contributed by atoms with van der Waals surface area (Å²) in [4.78, 5) is 6.71. The summed E-state index contributed by atoms with van der Waals surface area (Å²) in [5.74, 6) is 0.871. The van der Waals surface area contributed by atoms with Gasteiger partial charge in [-0.3, -0.25) is 0 Å². The number of nitrogens with zero attached hydrogens (tertiary/aromatic N) is 2. The summed E-state index contributed by atoms with van der Waals surface area (Å²) < 4.78 is 5.54. The molecule has 1 saturated heterocycles. The molecule has 0 saturated carbocycles. The van der Waals surface area contributed by atoms with E-state index in [1.807, 2.05) is 12.3 Å². The predicted octanol–water partition coefficient (Wildman–Crippen LogP) is 2.46. The zero-order chi connectivity index (χ0) is 13.7. The number of hydrogen-bond donors (Lipinski definition) is 1. The highest BCUT2D eigenvalue weighted by molar-refractivity contribution is 6.33. The Balaban J connectivity index is 2.02. The number of ether oxygens (including phenoxy) is 1. The lowest BCUT2D eigenvalue weighted by Crippen LogP contribution is -2.41. The minimum absolute atomic E-state index is 0.234. The quantitative estimate of drug-likeness (QED) is 0.843. The Morgan fingerprint density at radius 2 is 2.42 bits per heavy atom. The summed E-state index contributed by atoms with van der Waals surface area (Å²) in [5.41, 5.74) is 1.13. The first-order chi connectivity index (χ1) is 9.20. The van der Waals surface area contributed by atoms with E-state index in [9.17, 15) is 0 Å². The Kier molecular flexibility index (Phi) is 5.43. The zero-order valence-electron chi connectivity index (χ0n) is 11.7. The second-order valence-corrected chi connectivity index (χ2v) is 5.36. The summed E-state index contributed by atoms with van der Waals surface area (Å²) in [5, 5.41) is 4.08. The Labute approximate surface area is 120 Å². The van der Waals surface area contributed by atoms with Crippen molar-refractivity contribution in [3.05, 3.63) is 22.8 Å². The molecule has 1 N–H and O–H groups in total. The zero-order valence-corrected chi connectivity index (χ0v) is 12.4. The molecule has 0 spiro atoms. The molecule has 4 nitrogen and oxygen atoms in total. The molecule has 0 bridgehead atoms. The number of halogens is 1. The van der Waals surface area contributed by atoms with Crippen LogP contribution < -0.4 is 10.2 Å². The third-order valence-corrected chi connectivity index (χ3v) is 3.45. The molecule has 106 valence electrons. The van der Waals surface area contributed by atoms with Gasteiger partial charge in [-0.25, -0.2) is 4.98 Å². The van der Waals surface area contributed by atoms with Crippen molar-refractivity contribution in [1.82, 2.24) is 10.3 Å². The van der Waals surface area contributed by atoms with Crippen LogP contribution in [0.15, 0.2) is 12.3 Å². The first-order valence-corrected chi connectivity index (χ1v) is 7.30. The van der Waals surface area contributed by atoms with E-state index in [-0.39, 0.29) is 6.10 Å². The number of aromatic nitrogens is 1. The van der Waals surface area contributed by atoms with Crippen LogP contribution in [0.1, 0.15) is 25.8 Å². The minimum Gasteiger partial charge on any atom is -0.375 e. The lowest BCUT2D eigenvalue weighted by atomic mass is 10.2. The highest BCUT2D eigenvalue weighted by atomic mass is 35.5. The van der Waals surface area contributed by atoms with E-state index in [2.05, 4.69) is 29.0 Å². The maximum atomic E-state index is 6.35. The smallest absolute Gasteiger partial charge is 0.147 e. The first-order valence-electron chi connectivity index (χ1n) is 6.92. The third kappa shape index (κ3) is 4.06. The topological polar surface area (TPSA) is 37.4 Å². The van der Waals surface area contributed by atoms with E-state index < -0.39 is 0 Å². The lowest BCUT2D eigenvalue weighted by molar-refractivity contribution is 0.0529. The molecule has 2 heterocycles. The predicted molar refractivity (Wildman–Crippen MR) is 78.9 cm³/mol. The second kappa shape index (κ2) is 7.08. The molecule has 2 rings (SSSR count). The fourth-order valence-electron chi connectivity index (χ4n) is 2.22. The summed E-state index contributed by atoms with van der Waals surface area (Å²) in [7, 11) is 0. The van der Waals surface area contributed by atoms with Gasteiger partial charge in [0.05, 0.1) is 17.7 Å². The van der Waals surface area contributed by atoms with Crippen LogP contribution in [0.4, 0.5) is 5.82 Å². The molecule has 1 aliphatic rings. The van der Waals surface area contributed by atoms with Crippen LogP contribution in [0.2, 0.25) is 5.02 Å². The Morgan fingerprint density at radius 1 is 1.58 bits per heavy atom. The molecule has 0 amide bonds. The molecule has 1 atom stereocenters. The van der Waals surface area contributed by atoms with Gasteiger partial charge in [-0.05, 0) is 31.5 Å². The van der Waals surface area contributed by atoms with Gasteiger partial charge in [-0.15, -0.1) is 0 Å². The molecule has 1 aliphatic heterocycles. The molecule has 0 aliphatic carbocycles. The van der Waals surface area contributed by atoms with Crippen LogP contribution in [0.5, 0.6) is 0 Å². The van der Waals surface area contributed by atoms with Gasteiger partial charge in [-0.1, -0.05) is 18.5 Å². The first kappa shape index (κ1) is 14.6. The molecule has 5 heteroatoms. The fraction of sp³-hybridized carbons (Fsp3) is 0.643. The number of nitrogens with one attached hydrogen (secondary N) is 1. The van der Waals surface area contributed by atoms with E-state index >= 15 is 0 Å². The van der Waals surface area contributed by atoms with Gasteiger partial charge in [0.25, 0.3) is 0 Å². The van der Waals surface area contributed by atoms with Gasteiger partial charge in [0.15, 0.2) is 0 Å². The standard InChI is InChI=1S/C14H22ClN3O/c1-3-4-16-8-12-7-13(15)14(17-9-12)18-5-6-19-11(2)10-18/h7,9,11,16H,3-6,8,10H2,1-2H3. The van der Waals surface area contributed by atoms with Crippen molar-refractivity contribution in [2.45, 2.75) is 32.9 Å².